The molecule has 0 saturated heterocycles. The molecule has 2 aromatic carbocycles. The van der Waals surface area contributed by atoms with E-state index in [4.69, 9.17) is 0 Å². The van der Waals surface area contributed by atoms with Gasteiger partial charge >= 0.3 is 0 Å². The van der Waals surface area contributed by atoms with Crippen LogP contribution >= 0.6 is 0 Å². The number of hydrogen-bond donors (Lipinski definition) is 3. The zero-order valence-corrected chi connectivity index (χ0v) is 18.3. The van der Waals surface area contributed by atoms with Crippen LogP contribution in [-0.4, -0.2) is 28.0 Å². The Balaban J connectivity index is 1.48. The van der Waals surface area contributed by atoms with Gasteiger partial charge in [0.15, 0.2) is 5.75 Å². The highest BCUT2D eigenvalue weighted by Crippen LogP contribution is 2.34. The molecule has 170 valence electrons. The average Bonchev–Trinajstić information content (AvgIpc) is 3.09. The second kappa shape index (κ2) is 8.90. The molecule has 3 aromatic rings. The summed E-state index contributed by atoms with van der Waals surface area (Å²) in [6, 6.07) is 13.2. The molecule has 2 heterocycles. The number of amides is 2. The van der Waals surface area contributed by atoms with Gasteiger partial charge in [-0.2, -0.15) is 0 Å². The van der Waals surface area contributed by atoms with Crippen LogP contribution in [0, 0.1) is 12.7 Å². The Morgan fingerprint density at radius 1 is 1.18 bits per heavy atom. The molecule has 3 N–H and O–H groups in total. The molecule has 1 aromatic heterocycles. The van der Waals surface area contributed by atoms with E-state index >= 15 is 0 Å². The van der Waals surface area contributed by atoms with Crippen molar-refractivity contribution in [3.05, 3.63) is 81.4 Å². The van der Waals surface area contributed by atoms with Crippen molar-refractivity contribution in [2.45, 2.75) is 25.7 Å². The second-order valence-corrected chi connectivity index (χ2v) is 8.20. The molecule has 2 amide bonds. The lowest BCUT2D eigenvalue weighted by atomic mass is 9.96. The first-order valence-corrected chi connectivity index (χ1v) is 10.6. The van der Waals surface area contributed by atoms with Crippen LogP contribution in [0.25, 0.3) is 11.3 Å². The maximum atomic E-state index is 13.9. The maximum absolute atomic E-state index is 13.9. The Hall–Kier alpha value is -3.94. The van der Waals surface area contributed by atoms with Gasteiger partial charge < -0.3 is 20.3 Å². The van der Waals surface area contributed by atoms with E-state index in [0.717, 1.165) is 11.3 Å². The van der Waals surface area contributed by atoms with E-state index in [2.05, 4.69) is 10.6 Å². The summed E-state index contributed by atoms with van der Waals surface area (Å²) in [7, 11) is 1.45. The van der Waals surface area contributed by atoms with E-state index < -0.39 is 23.0 Å². The Kier molecular flexibility index (Phi) is 6.00. The van der Waals surface area contributed by atoms with Crippen molar-refractivity contribution < 1.29 is 19.1 Å². The molecule has 8 heteroatoms. The van der Waals surface area contributed by atoms with Crippen LogP contribution in [0.2, 0.25) is 0 Å². The number of carbonyl (C=O) groups excluding carboxylic acids is 2. The summed E-state index contributed by atoms with van der Waals surface area (Å²) < 4.78 is 15.1. The Labute approximate surface area is 189 Å². The Morgan fingerprint density at radius 3 is 2.70 bits per heavy atom. The number of nitrogens with zero attached hydrogens (tertiary/aromatic N) is 1. The van der Waals surface area contributed by atoms with E-state index in [1.807, 2.05) is 24.3 Å². The highest BCUT2D eigenvalue weighted by molar-refractivity contribution is 6.02. The van der Waals surface area contributed by atoms with E-state index in [9.17, 15) is 23.9 Å². The molecule has 1 aliphatic heterocycles. The van der Waals surface area contributed by atoms with Crippen LogP contribution in [0.4, 0.5) is 10.1 Å². The van der Waals surface area contributed by atoms with E-state index in [0.29, 0.717) is 29.7 Å². The molecule has 0 radical (unpaired) electrons. The van der Waals surface area contributed by atoms with Crippen molar-refractivity contribution in [3.8, 4) is 17.0 Å². The molecular formula is C25H24FN3O4. The first-order chi connectivity index (χ1) is 15.8. The number of anilines is 1. The summed E-state index contributed by atoms with van der Waals surface area (Å²) in [4.78, 5) is 37.5. The highest BCUT2D eigenvalue weighted by atomic mass is 19.1. The van der Waals surface area contributed by atoms with E-state index in [-0.39, 0.29) is 23.9 Å². The van der Waals surface area contributed by atoms with Crippen LogP contribution in [-0.2, 0) is 11.8 Å². The van der Waals surface area contributed by atoms with Crippen molar-refractivity contribution in [3.63, 3.8) is 0 Å². The molecule has 1 unspecified atom stereocenters. The third-order valence-corrected chi connectivity index (χ3v) is 5.85. The SMILES string of the molecule is Cc1cc(F)cc(-c2cc(C(=O)NCCCC3C(=O)Nc4ccccc43)c(O)c(=O)n2C)c1. The smallest absolute Gasteiger partial charge is 0.293 e. The molecule has 4 rings (SSSR count). The number of hydrogen-bond acceptors (Lipinski definition) is 4. The van der Waals surface area contributed by atoms with Gasteiger partial charge in [0.2, 0.25) is 5.91 Å². The summed E-state index contributed by atoms with van der Waals surface area (Å²) >= 11 is 0. The summed E-state index contributed by atoms with van der Waals surface area (Å²) in [6.45, 7) is 1.98. The maximum Gasteiger partial charge on any atom is 0.293 e. The summed E-state index contributed by atoms with van der Waals surface area (Å²) in [5.41, 5.74) is 2.21. The van der Waals surface area contributed by atoms with Crippen molar-refractivity contribution in [2.75, 3.05) is 11.9 Å². The van der Waals surface area contributed by atoms with Crippen molar-refractivity contribution >= 4 is 17.5 Å². The van der Waals surface area contributed by atoms with Crippen LogP contribution < -0.4 is 16.2 Å². The van der Waals surface area contributed by atoms with Gasteiger partial charge in [-0.05, 0) is 61.2 Å². The van der Waals surface area contributed by atoms with E-state index in [1.54, 1.807) is 13.0 Å². The van der Waals surface area contributed by atoms with Gasteiger partial charge in [-0.1, -0.05) is 18.2 Å². The molecule has 0 saturated carbocycles. The lowest BCUT2D eigenvalue weighted by Gasteiger charge is -2.14. The Morgan fingerprint density at radius 2 is 1.94 bits per heavy atom. The van der Waals surface area contributed by atoms with Gasteiger partial charge in [0.1, 0.15) is 5.82 Å². The zero-order valence-electron chi connectivity index (χ0n) is 18.3. The largest absolute Gasteiger partial charge is 0.502 e. The minimum absolute atomic E-state index is 0.0678. The molecular weight excluding hydrogens is 425 g/mol. The van der Waals surface area contributed by atoms with Crippen molar-refractivity contribution in [1.82, 2.24) is 9.88 Å². The minimum atomic E-state index is -0.751. The van der Waals surface area contributed by atoms with Gasteiger partial charge in [0, 0.05) is 24.8 Å². The quantitative estimate of drug-likeness (QED) is 0.502. The number of aromatic nitrogens is 1. The predicted octanol–water partition coefficient (Wildman–Crippen LogP) is 3.45. The number of halogens is 1. The van der Waals surface area contributed by atoms with Gasteiger partial charge in [-0.25, -0.2) is 4.39 Å². The summed E-state index contributed by atoms with van der Waals surface area (Å²) in [5, 5.41) is 15.8. The molecule has 1 atom stereocenters. The first-order valence-electron chi connectivity index (χ1n) is 10.6. The molecule has 0 spiro atoms. The normalized spacial score (nSPS) is 14.6. The third-order valence-electron chi connectivity index (χ3n) is 5.85. The summed E-state index contributed by atoms with van der Waals surface area (Å²) in [5.74, 6) is -2.10. The predicted molar refractivity (Wildman–Crippen MR) is 123 cm³/mol. The second-order valence-electron chi connectivity index (χ2n) is 8.20. The minimum Gasteiger partial charge on any atom is -0.502 e. The number of aryl methyl sites for hydroxylation is 1. The lowest BCUT2D eigenvalue weighted by molar-refractivity contribution is -0.117. The summed E-state index contributed by atoms with van der Waals surface area (Å²) in [6.07, 6.45) is 1.07. The molecule has 33 heavy (non-hydrogen) atoms. The Bertz CT molecular complexity index is 1300. The van der Waals surface area contributed by atoms with Crippen LogP contribution in [0.15, 0.2) is 53.3 Å². The van der Waals surface area contributed by atoms with Crippen LogP contribution in [0.5, 0.6) is 5.75 Å². The average molecular weight is 449 g/mol. The van der Waals surface area contributed by atoms with Crippen molar-refractivity contribution in [2.24, 2.45) is 7.05 Å². The number of fused-ring (bicyclic) bond motifs is 1. The number of aromatic hydroxyl groups is 1. The first kappa shape index (κ1) is 22.3. The van der Waals surface area contributed by atoms with Gasteiger partial charge in [0.25, 0.3) is 11.5 Å². The van der Waals surface area contributed by atoms with Gasteiger partial charge in [0.05, 0.1) is 17.2 Å². The fourth-order valence-corrected chi connectivity index (χ4v) is 4.19. The standard InChI is InChI=1S/C25H24FN3O4/c1-14-10-15(12-16(26)11-14)21-13-19(22(30)25(33)29(21)2)23(31)27-9-5-7-18-17-6-3-4-8-20(17)28-24(18)32/h3-4,6,8,10-13,18,30H,5,7,9H2,1-2H3,(H,27,31)(H,28,32). The van der Waals surface area contributed by atoms with E-state index in [1.165, 1.54) is 29.8 Å². The zero-order chi connectivity index (χ0) is 23.7. The number of benzene rings is 2. The molecule has 1 aliphatic rings. The molecule has 0 fully saturated rings. The number of nitrogens with one attached hydrogen (secondary N) is 2. The number of rotatable bonds is 6. The monoisotopic (exact) mass is 449 g/mol. The molecule has 7 nitrogen and oxygen atoms in total. The lowest BCUT2D eigenvalue weighted by Crippen LogP contribution is -2.28. The fraction of sp³-hybridized carbons (Fsp3) is 0.240. The van der Waals surface area contributed by atoms with Gasteiger partial charge in [-0.3, -0.25) is 14.4 Å². The topological polar surface area (TPSA) is 100 Å². The highest BCUT2D eigenvalue weighted by Gasteiger charge is 2.29. The molecule has 0 bridgehead atoms. The number of para-hydroxylation sites is 1. The van der Waals surface area contributed by atoms with Crippen LogP contribution in [0.3, 0.4) is 0 Å². The number of pyridine rings is 1. The van der Waals surface area contributed by atoms with Gasteiger partial charge in [-0.15, -0.1) is 0 Å². The van der Waals surface area contributed by atoms with Crippen LogP contribution in [0.1, 0.15) is 40.2 Å². The molecule has 0 aliphatic carbocycles. The fourth-order valence-electron chi connectivity index (χ4n) is 4.19. The third kappa shape index (κ3) is 4.37. The number of carbonyl (C=O) groups is 2. The van der Waals surface area contributed by atoms with Crippen molar-refractivity contribution in [1.29, 1.82) is 0 Å².